The molecule has 0 atom stereocenters. The summed E-state index contributed by atoms with van der Waals surface area (Å²) in [5.41, 5.74) is 0.798. The van der Waals surface area contributed by atoms with Gasteiger partial charge >= 0.3 is 0 Å². The van der Waals surface area contributed by atoms with E-state index in [1.807, 2.05) is 36.4 Å². The van der Waals surface area contributed by atoms with Crippen LogP contribution in [0.4, 0.5) is 0 Å². The Hall–Kier alpha value is -1.90. The summed E-state index contributed by atoms with van der Waals surface area (Å²) >= 11 is 11.9. The number of nitrogens with zero attached hydrogens (tertiary/aromatic N) is 1. The van der Waals surface area contributed by atoms with Gasteiger partial charge in [-0.2, -0.15) is 0 Å². The molecular weight excluding hydrogens is 293 g/mol. The van der Waals surface area contributed by atoms with Crippen LogP contribution in [0, 0.1) is 0 Å². The smallest absolute Gasteiger partial charge is 0.213 e. The molecule has 0 bridgehead atoms. The largest absolute Gasteiger partial charge is 0.287 e. The van der Waals surface area contributed by atoms with Crippen LogP contribution in [0.5, 0.6) is 0 Å². The van der Waals surface area contributed by atoms with Gasteiger partial charge in [-0.1, -0.05) is 65.7 Å². The second-order valence-corrected chi connectivity index (χ2v) is 5.18. The van der Waals surface area contributed by atoms with Crippen molar-refractivity contribution in [3.63, 3.8) is 0 Å². The summed E-state index contributed by atoms with van der Waals surface area (Å²) in [6.45, 7) is 0. The molecule has 0 aliphatic heterocycles. The van der Waals surface area contributed by atoms with E-state index in [-0.39, 0.29) is 16.5 Å². The van der Waals surface area contributed by atoms with Crippen LogP contribution in [0.1, 0.15) is 16.1 Å². The Labute approximate surface area is 126 Å². The maximum atomic E-state index is 12.6. The minimum Gasteiger partial charge on any atom is -0.287 e. The number of halogens is 2. The standard InChI is InChI=1S/C16H9Cl2NO/c17-11-8-14(18)15(19-9-11)16(20)13-7-3-5-10-4-1-2-6-12(10)13/h1-9H. The van der Waals surface area contributed by atoms with E-state index in [1.165, 1.54) is 12.3 Å². The highest BCUT2D eigenvalue weighted by Gasteiger charge is 2.17. The van der Waals surface area contributed by atoms with E-state index in [2.05, 4.69) is 4.98 Å². The summed E-state index contributed by atoms with van der Waals surface area (Å²) in [7, 11) is 0. The number of rotatable bonds is 2. The SMILES string of the molecule is O=C(c1ncc(Cl)cc1Cl)c1cccc2ccccc12. The first kappa shape index (κ1) is 13.1. The molecule has 2 nitrogen and oxygen atoms in total. The van der Waals surface area contributed by atoms with E-state index in [0.717, 1.165) is 10.8 Å². The van der Waals surface area contributed by atoms with Crippen LogP contribution in [-0.4, -0.2) is 10.8 Å². The summed E-state index contributed by atoms with van der Waals surface area (Å²) < 4.78 is 0. The number of benzene rings is 2. The molecule has 0 spiro atoms. The molecule has 4 heteroatoms. The van der Waals surface area contributed by atoms with Gasteiger partial charge in [0.2, 0.25) is 5.78 Å². The van der Waals surface area contributed by atoms with Gasteiger partial charge in [0.25, 0.3) is 0 Å². The predicted octanol–water partition coefficient (Wildman–Crippen LogP) is 4.77. The van der Waals surface area contributed by atoms with Gasteiger partial charge in [0.05, 0.1) is 10.0 Å². The van der Waals surface area contributed by atoms with Crippen LogP contribution in [0.15, 0.2) is 54.7 Å². The van der Waals surface area contributed by atoms with Gasteiger partial charge in [-0.05, 0) is 16.8 Å². The number of ketones is 1. The molecule has 1 aromatic heterocycles. The van der Waals surface area contributed by atoms with E-state index < -0.39 is 0 Å². The fraction of sp³-hybridized carbons (Fsp3) is 0. The first-order chi connectivity index (χ1) is 9.66. The number of fused-ring (bicyclic) bond motifs is 1. The van der Waals surface area contributed by atoms with Crippen LogP contribution in [0.3, 0.4) is 0 Å². The van der Waals surface area contributed by atoms with Crippen LogP contribution in [-0.2, 0) is 0 Å². The Balaban J connectivity index is 2.18. The zero-order chi connectivity index (χ0) is 14.1. The van der Waals surface area contributed by atoms with E-state index >= 15 is 0 Å². The molecule has 0 saturated heterocycles. The van der Waals surface area contributed by atoms with Gasteiger partial charge in [0.15, 0.2) is 0 Å². The summed E-state index contributed by atoms with van der Waals surface area (Å²) in [5.74, 6) is -0.205. The molecule has 0 unspecified atom stereocenters. The lowest BCUT2D eigenvalue weighted by Gasteiger charge is -2.06. The molecule has 0 fully saturated rings. The van der Waals surface area contributed by atoms with Crippen molar-refractivity contribution in [2.45, 2.75) is 0 Å². The van der Waals surface area contributed by atoms with Crippen molar-refractivity contribution in [2.75, 3.05) is 0 Å². The van der Waals surface area contributed by atoms with Gasteiger partial charge in [0, 0.05) is 11.8 Å². The molecule has 1 heterocycles. The third kappa shape index (κ3) is 2.28. The number of pyridine rings is 1. The van der Waals surface area contributed by atoms with Gasteiger partial charge in [-0.3, -0.25) is 4.79 Å². The number of hydrogen-bond donors (Lipinski definition) is 0. The monoisotopic (exact) mass is 301 g/mol. The molecule has 2 aromatic carbocycles. The Morgan fingerprint density at radius 2 is 1.75 bits per heavy atom. The fourth-order valence-corrected chi connectivity index (χ4v) is 2.60. The molecule has 0 saturated carbocycles. The number of aromatic nitrogens is 1. The van der Waals surface area contributed by atoms with Crippen molar-refractivity contribution in [3.05, 3.63) is 76.0 Å². The molecule has 0 aliphatic carbocycles. The van der Waals surface area contributed by atoms with Gasteiger partial charge in [0.1, 0.15) is 5.69 Å². The normalized spacial score (nSPS) is 10.7. The van der Waals surface area contributed by atoms with Crippen LogP contribution in [0.25, 0.3) is 10.8 Å². The Bertz CT molecular complexity index is 809. The van der Waals surface area contributed by atoms with Crippen LogP contribution >= 0.6 is 23.2 Å². The molecule has 0 aliphatic rings. The highest BCUT2D eigenvalue weighted by molar-refractivity contribution is 6.37. The molecule has 98 valence electrons. The summed E-state index contributed by atoms with van der Waals surface area (Å²) in [6, 6.07) is 14.8. The Kier molecular flexibility index (Phi) is 3.43. The molecule has 20 heavy (non-hydrogen) atoms. The summed E-state index contributed by atoms with van der Waals surface area (Å²) in [4.78, 5) is 16.6. The molecular formula is C16H9Cl2NO. The Morgan fingerprint density at radius 3 is 2.55 bits per heavy atom. The second-order valence-electron chi connectivity index (χ2n) is 4.34. The highest BCUT2D eigenvalue weighted by Crippen LogP contribution is 2.25. The summed E-state index contributed by atoms with van der Waals surface area (Å²) in [5, 5.41) is 2.55. The van der Waals surface area contributed by atoms with Crippen molar-refractivity contribution in [1.82, 2.24) is 4.98 Å². The quantitative estimate of drug-likeness (QED) is 0.638. The molecule has 0 radical (unpaired) electrons. The maximum Gasteiger partial charge on any atom is 0.213 e. The zero-order valence-electron chi connectivity index (χ0n) is 10.3. The van der Waals surface area contributed by atoms with Crippen LogP contribution < -0.4 is 0 Å². The third-order valence-electron chi connectivity index (χ3n) is 3.06. The number of carbonyl (C=O) groups excluding carboxylic acids is 1. The zero-order valence-corrected chi connectivity index (χ0v) is 11.8. The molecule has 3 aromatic rings. The van der Waals surface area contributed by atoms with E-state index in [1.54, 1.807) is 6.07 Å². The molecule has 0 amide bonds. The van der Waals surface area contributed by atoms with Crippen LogP contribution in [0.2, 0.25) is 10.0 Å². The van der Waals surface area contributed by atoms with Gasteiger partial charge in [-0.25, -0.2) is 4.98 Å². The lowest BCUT2D eigenvalue weighted by atomic mass is 10.00. The third-order valence-corrected chi connectivity index (χ3v) is 3.55. The average Bonchev–Trinajstić information content (AvgIpc) is 2.46. The maximum absolute atomic E-state index is 12.6. The minimum absolute atomic E-state index is 0.205. The predicted molar refractivity (Wildman–Crippen MR) is 81.6 cm³/mol. The molecule has 3 rings (SSSR count). The van der Waals surface area contributed by atoms with Crippen molar-refractivity contribution in [3.8, 4) is 0 Å². The first-order valence-corrected chi connectivity index (χ1v) is 6.76. The van der Waals surface area contributed by atoms with E-state index in [4.69, 9.17) is 23.2 Å². The lowest BCUT2D eigenvalue weighted by Crippen LogP contribution is -2.05. The van der Waals surface area contributed by atoms with E-state index in [0.29, 0.717) is 10.6 Å². The lowest BCUT2D eigenvalue weighted by molar-refractivity contribution is 0.103. The minimum atomic E-state index is -0.205. The number of carbonyl (C=O) groups is 1. The fourth-order valence-electron chi connectivity index (χ4n) is 2.13. The molecule has 0 N–H and O–H groups in total. The Morgan fingerprint density at radius 1 is 1.00 bits per heavy atom. The van der Waals surface area contributed by atoms with E-state index in [9.17, 15) is 4.79 Å². The topological polar surface area (TPSA) is 30.0 Å². The highest BCUT2D eigenvalue weighted by atomic mass is 35.5. The van der Waals surface area contributed by atoms with Crippen molar-refractivity contribution in [1.29, 1.82) is 0 Å². The van der Waals surface area contributed by atoms with Crippen molar-refractivity contribution >= 4 is 39.8 Å². The number of hydrogen-bond acceptors (Lipinski definition) is 2. The van der Waals surface area contributed by atoms with Crippen molar-refractivity contribution < 1.29 is 4.79 Å². The van der Waals surface area contributed by atoms with Gasteiger partial charge < -0.3 is 0 Å². The second kappa shape index (κ2) is 5.23. The summed E-state index contributed by atoms with van der Waals surface area (Å²) in [6.07, 6.45) is 1.42. The van der Waals surface area contributed by atoms with Crippen molar-refractivity contribution in [2.24, 2.45) is 0 Å². The van der Waals surface area contributed by atoms with Gasteiger partial charge in [-0.15, -0.1) is 0 Å². The first-order valence-electron chi connectivity index (χ1n) is 6.00. The average molecular weight is 302 g/mol.